The van der Waals surface area contributed by atoms with Crippen LogP contribution in [0.2, 0.25) is 0 Å². The second kappa shape index (κ2) is 21.2. The van der Waals surface area contributed by atoms with E-state index in [0.29, 0.717) is 42.8 Å². The lowest BCUT2D eigenvalue weighted by molar-refractivity contribution is -0.289. The van der Waals surface area contributed by atoms with Crippen LogP contribution in [0.4, 0.5) is 10.5 Å². The van der Waals surface area contributed by atoms with Crippen LogP contribution in [-0.2, 0) is 49.3 Å². The molecule has 2 aromatic carbocycles. The number of cyclic esters (lactones) is 1. The Morgan fingerprint density at radius 2 is 1.67 bits per heavy atom. The third kappa shape index (κ3) is 10.6. The molecule has 0 bridgehead atoms. The number of aromatic nitrogens is 3. The van der Waals surface area contributed by atoms with Crippen LogP contribution in [-0.4, -0.2) is 124 Å². The van der Waals surface area contributed by atoms with Crippen molar-refractivity contribution in [2.24, 2.45) is 23.7 Å². The highest BCUT2D eigenvalue weighted by Crippen LogP contribution is 2.43. The average molecular weight is 917 g/mol. The van der Waals surface area contributed by atoms with Crippen LogP contribution in [0.1, 0.15) is 97.9 Å². The lowest BCUT2D eigenvalue weighted by Crippen LogP contribution is -2.61. The number of nitrogens with one attached hydrogen (secondary N) is 1. The maximum absolute atomic E-state index is 14.9. The molecule has 360 valence electrons. The van der Waals surface area contributed by atoms with E-state index in [1.807, 2.05) is 31.3 Å². The molecule has 3 aromatic rings. The molecule has 3 saturated heterocycles. The number of hydrogen-bond acceptors (Lipinski definition) is 15. The largest absolute Gasteiger partial charge is 0.458 e. The van der Waals surface area contributed by atoms with E-state index in [2.05, 4.69) is 15.6 Å². The maximum Gasteiger partial charge on any atom is 0.410 e. The summed E-state index contributed by atoms with van der Waals surface area (Å²) in [6.45, 7) is 14.6. The number of anilines is 1. The number of aryl methyl sites for hydroxylation is 1. The maximum atomic E-state index is 14.9. The van der Waals surface area contributed by atoms with Crippen molar-refractivity contribution in [3.8, 4) is 11.3 Å². The minimum atomic E-state index is -1.45. The SMILES string of the molecule is CC[C@H]1OC(=O)[C@H](C)C(=O)[C@H](C)[C@@H](O[C@@H]2O[C@H](C)C[C@H](NC)[C@H]2OC(=O)c2ccccc2)[C@@](C)(OC)C[C@@H](C)C(=O)[C@H](C)[C@H]2N(CCCCn3cc(-c4cccc(N)c4)nn3)C(=O)O[C@]12C. The molecule has 66 heavy (non-hydrogen) atoms. The molecule has 1 aromatic heterocycles. The summed E-state index contributed by atoms with van der Waals surface area (Å²) in [5.74, 6) is -5.90. The summed E-state index contributed by atoms with van der Waals surface area (Å²) in [5, 5.41) is 11.8. The van der Waals surface area contributed by atoms with E-state index in [-0.39, 0.29) is 31.3 Å². The minimum Gasteiger partial charge on any atom is -0.458 e. The molecule has 0 saturated carbocycles. The number of carbonyl (C=O) groups excluding carboxylic acids is 5. The van der Waals surface area contributed by atoms with Crippen molar-refractivity contribution in [2.75, 3.05) is 26.4 Å². The summed E-state index contributed by atoms with van der Waals surface area (Å²) in [6, 6.07) is 14.7. The summed E-state index contributed by atoms with van der Waals surface area (Å²) in [6.07, 6.45) is -1.47. The first-order valence-corrected chi connectivity index (χ1v) is 23.2. The smallest absolute Gasteiger partial charge is 0.410 e. The van der Waals surface area contributed by atoms with E-state index in [9.17, 15) is 24.0 Å². The van der Waals surface area contributed by atoms with Crippen LogP contribution in [0.15, 0.2) is 60.8 Å². The number of Topliss-reactive ketones (excluding diaryl/α,β-unsaturated/α-hetero) is 2. The molecule has 6 rings (SSSR count). The fourth-order valence-corrected chi connectivity index (χ4v) is 10.2. The molecule has 13 atom stereocenters. The highest BCUT2D eigenvalue weighted by molar-refractivity contribution is 6.00. The molecule has 0 unspecified atom stereocenters. The van der Waals surface area contributed by atoms with Crippen LogP contribution >= 0.6 is 0 Å². The van der Waals surface area contributed by atoms with Gasteiger partial charge in [-0.25, -0.2) is 9.59 Å². The number of nitrogen functional groups attached to an aromatic ring is 1. The topological polar surface area (TPSA) is 213 Å². The van der Waals surface area contributed by atoms with E-state index in [0.717, 1.165) is 5.56 Å². The molecule has 1 amide bonds. The number of ketones is 2. The summed E-state index contributed by atoms with van der Waals surface area (Å²) in [4.78, 5) is 72.7. The zero-order valence-electron chi connectivity index (χ0n) is 39.9. The number of unbranched alkanes of at least 4 members (excludes halogenated alkanes) is 1. The number of benzene rings is 2. The van der Waals surface area contributed by atoms with Gasteiger partial charge in [0.25, 0.3) is 0 Å². The van der Waals surface area contributed by atoms with Gasteiger partial charge in [-0.15, -0.1) is 5.10 Å². The summed E-state index contributed by atoms with van der Waals surface area (Å²) < 4.78 is 39.7. The van der Waals surface area contributed by atoms with Gasteiger partial charge in [0.05, 0.1) is 41.7 Å². The number of nitrogens with two attached hydrogens (primary N) is 1. The molecule has 3 aliphatic rings. The number of hydrogen-bond donors (Lipinski definition) is 2. The minimum absolute atomic E-state index is 0.0743. The molecule has 17 heteroatoms. The van der Waals surface area contributed by atoms with Gasteiger partial charge in [0.2, 0.25) is 0 Å². The van der Waals surface area contributed by atoms with Gasteiger partial charge in [0.1, 0.15) is 23.5 Å². The fourth-order valence-electron chi connectivity index (χ4n) is 10.2. The Morgan fingerprint density at radius 1 is 0.955 bits per heavy atom. The van der Waals surface area contributed by atoms with Crippen molar-refractivity contribution >= 4 is 35.3 Å². The number of likely N-dealkylation sites (N-methyl/N-ethyl adjacent to an activating group) is 1. The van der Waals surface area contributed by atoms with Gasteiger partial charge in [0.15, 0.2) is 23.8 Å². The fraction of sp³-hybridized carbons (Fsp3) is 0.612. The lowest BCUT2D eigenvalue weighted by atomic mass is 9.73. The number of rotatable bonds is 13. The van der Waals surface area contributed by atoms with E-state index < -0.39 is 95.4 Å². The van der Waals surface area contributed by atoms with Crippen LogP contribution in [0.25, 0.3) is 11.3 Å². The van der Waals surface area contributed by atoms with Crippen molar-refractivity contribution in [1.29, 1.82) is 0 Å². The Morgan fingerprint density at radius 3 is 2.33 bits per heavy atom. The zero-order valence-corrected chi connectivity index (χ0v) is 39.9. The number of amides is 1. The Balaban J connectivity index is 1.28. The Bertz CT molecular complexity index is 2190. The van der Waals surface area contributed by atoms with E-state index in [1.165, 1.54) is 14.0 Å². The van der Waals surface area contributed by atoms with Crippen LogP contribution < -0.4 is 11.1 Å². The van der Waals surface area contributed by atoms with E-state index in [1.54, 1.807) is 94.6 Å². The Kier molecular flexibility index (Phi) is 16.1. The van der Waals surface area contributed by atoms with Gasteiger partial charge in [0, 0.05) is 49.2 Å². The van der Waals surface area contributed by atoms with Gasteiger partial charge in [-0.1, -0.05) is 63.2 Å². The predicted molar refractivity (Wildman–Crippen MR) is 244 cm³/mol. The molecule has 0 aliphatic carbocycles. The Labute approximate surface area is 387 Å². The van der Waals surface area contributed by atoms with Crippen LogP contribution in [0.3, 0.4) is 0 Å². The number of esters is 2. The number of nitrogens with zero attached hydrogens (tertiary/aromatic N) is 4. The van der Waals surface area contributed by atoms with Gasteiger partial charge in [-0.05, 0) is 91.1 Å². The van der Waals surface area contributed by atoms with Crippen molar-refractivity contribution < 1.29 is 52.4 Å². The van der Waals surface area contributed by atoms with Crippen LogP contribution in [0, 0.1) is 23.7 Å². The first-order valence-electron chi connectivity index (χ1n) is 23.2. The number of fused-ring (bicyclic) bond motifs is 1. The highest BCUT2D eigenvalue weighted by atomic mass is 16.7. The first-order chi connectivity index (χ1) is 31.3. The Hall–Kier alpha value is -5.23. The molecular weight excluding hydrogens is 849 g/mol. The molecule has 0 radical (unpaired) electrons. The monoisotopic (exact) mass is 916 g/mol. The molecule has 3 aliphatic heterocycles. The average Bonchev–Trinajstić information content (AvgIpc) is 3.89. The normalized spacial score (nSPS) is 33.4. The molecule has 0 spiro atoms. The number of ether oxygens (including phenoxy) is 6. The van der Waals surface area contributed by atoms with Crippen LogP contribution in [0.5, 0.6) is 0 Å². The molecule has 3 fully saturated rings. The summed E-state index contributed by atoms with van der Waals surface area (Å²) in [7, 11) is 3.24. The van der Waals surface area contributed by atoms with Gasteiger partial charge < -0.3 is 44.4 Å². The lowest BCUT2D eigenvalue weighted by Gasteiger charge is -2.47. The standard InChI is InChI=1S/C49H68N6O11/c1-11-38-49(8)42(55(47(60)66-49)23-16-15-22-54-27-37(52-53-54)34-20-17-21-35(50)25-34)30(4)39(56)28(2)26-48(7,61-10)43(31(5)40(57)32(6)44(58)63-38)65-46-41(36(51-9)24-29(3)62-46)64-45(59)33-18-13-12-14-19-33/h12-14,17-21,25,27-32,36,38,41-43,46,51H,11,15-16,22-24,26,50H2,1-10H3/t28-,29-,30+,31+,32-,36+,38-,41-,42-,43-,46+,48+,49-/m1/s1. The van der Waals surface area contributed by atoms with Gasteiger partial charge >= 0.3 is 18.0 Å². The molecule has 17 nitrogen and oxygen atoms in total. The van der Waals surface area contributed by atoms with E-state index >= 15 is 0 Å². The van der Waals surface area contributed by atoms with Gasteiger partial charge in [-0.2, -0.15) is 0 Å². The molecular formula is C49H68N6O11. The summed E-state index contributed by atoms with van der Waals surface area (Å²) in [5.41, 5.74) is 5.66. The van der Waals surface area contributed by atoms with Crippen molar-refractivity contribution in [3.05, 3.63) is 66.4 Å². The molecule has 3 N–H and O–H groups in total. The van der Waals surface area contributed by atoms with Crippen molar-refractivity contribution in [3.63, 3.8) is 0 Å². The highest BCUT2D eigenvalue weighted by Gasteiger charge is 2.60. The zero-order chi connectivity index (χ0) is 48.1. The van der Waals surface area contributed by atoms with E-state index in [4.69, 9.17) is 34.2 Å². The number of carbonyl (C=O) groups is 5. The first kappa shape index (κ1) is 50.2. The number of methoxy groups -OCH3 is 1. The summed E-state index contributed by atoms with van der Waals surface area (Å²) >= 11 is 0. The van der Waals surface area contributed by atoms with Gasteiger partial charge in [-0.3, -0.25) is 19.1 Å². The third-order valence-corrected chi connectivity index (χ3v) is 13.9. The second-order valence-corrected chi connectivity index (χ2v) is 18.7. The van der Waals surface area contributed by atoms with Crippen molar-refractivity contribution in [1.82, 2.24) is 25.2 Å². The second-order valence-electron chi connectivity index (χ2n) is 18.7. The van der Waals surface area contributed by atoms with Crippen molar-refractivity contribution in [2.45, 2.75) is 148 Å². The molecule has 4 heterocycles. The third-order valence-electron chi connectivity index (χ3n) is 13.9. The quantitative estimate of drug-likeness (QED) is 0.0659. The predicted octanol–water partition coefficient (Wildman–Crippen LogP) is 6.03.